The number of thioether (sulfide) groups is 1. The van der Waals surface area contributed by atoms with Gasteiger partial charge < -0.3 is 14.6 Å². The van der Waals surface area contributed by atoms with Crippen molar-refractivity contribution < 1.29 is 14.3 Å². The van der Waals surface area contributed by atoms with Gasteiger partial charge in [-0.25, -0.2) is 0 Å². The molecule has 4 rings (SSSR count). The molecule has 0 unspecified atom stereocenters. The van der Waals surface area contributed by atoms with Gasteiger partial charge in [-0.3, -0.25) is 14.9 Å². The van der Waals surface area contributed by atoms with Gasteiger partial charge in [0.2, 0.25) is 11.0 Å². The first-order valence-corrected chi connectivity index (χ1v) is 12.9. The molecule has 1 saturated carbocycles. The molecule has 1 aliphatic rings. The van der Waals surface area contributed by atoms with Gasteiger partial charge in [-0.05, 0) is 44.0 Å². The molecule has 0 bridgehead atoms. The zero-order valence-electron chi connectivity index (χ0n) is 19.1. The lowest BCUT2D eigenvalue weighted by atomic mass is 9.95. The predicted molar refractivity (Wildman–Crippen MR) is 130 cm³/mol. The highest BCUT2D eigenvalue weighted by molar-refractivity contribution is 7.99. The molecule has 180 valence electrons. The molecule has 0 atom stereocenters. The van der Waals surface area contributed by atoms with Crippen LogP contribution in [0.1, 0.15) is 59.3 Å². The van der Waals surface area contributed by atoms with Gasteiger partial charge in [-0.2, -0.15) is 0 Å². The summed E-state index contributed by atoms with van der Waals surface area (Å²) in [6, 6.07) is 7.21. The van der Waals surface area contributed by atoms with Gasteiger partial charge >= 0.3 is 0 Å². The average Bonchev–Trinajstić information content (AvgIpc) is 3.47. The standard InChI is InChI=1S/C22H27N7O3S2/c1-14-25-27-21(34-14)24-19(30)13-33-22-28-26-18(29(22)16-6-4-3-5-7-16)12-23-20(31)15-8-10-17(32-2)11-9-15/h8-11,16H,3-7,12-13H2,1-2H3,(H,23,31)(H,24,27,30). The lowest BCUT2D eigenvalue weighted by molar-refractivity contribution is -0.113. The first-order valence-electron chi connectivity index (χ1n) is 11.1. The Morgan fingerprint density at radius 3 is 2.56 bits per heavy atom. The lowest BCUT2D eigenvalue weighted by Gasteiger charge is -2.25. The van der Waals surface area contributed by atoms with Crippen molar-refractivity contribution in [2.24, 2.45) is 0 Å². The first-order chi connectivity index (χ1) is 16.5. The number of carbonyl (C=O) groups excluding carboxylic acids is 2. The van der Waals surface area contributed by atoms with E-state index in [0.717, 1.165) is 30.7 Å². The van der Waals surface area contributed by atoms with E-state index in [2.05, 4.69) is 35.6 Å². The molecule has 1 aliphatic carbocycles. The molecule has 2 aromatic heterocycles. The van der Waals surface area contributed by atoms with E-state index >= 15 is 0 Å². The molecule has 12 heteroatoms. The number of nitrogens with zero attached hydrogens (tertiary/aromatic N) is 5. The zero-order chi connectivity index (χ0) is 23.9. The van der Waals surface area contributed by atoms with E-state index in [1.807, 2.05) is 6.92 Å². The van der Waals surface area contributed by atoms with Crippen molar-refractivity contribution in [3.05, 3.63) is 40.7 Å². The van der Waals surface area contributed by atoms with Gasteiger partial charge in [0, 0.05) is 11.6 Å². The molecule has 1 fully saturated rings. The summed E-state index contributed by atoms with van der Waals surface area (Å²) < 4.78 is 7.25. The van der Waals surface area contributed by atoms with E-state index in [1.54, 1.807) is 31.4 Å². The van der Waals surface area contributed by atoms with Gasteiger partial charge in [-0.15, -0.1) is 20.4 Å². The Hall–Kier alpha value is -2.99. The molecule has 0 spiro atoms. The number of rotatable bonds is 9. The minimum Gasteiger partial charge on any atom is -0.497 e. The quantitative estimate of drug-likeness (QED) is 0.426. The number of hydrogen-bond acceptors (Lipinski definition) is 9. The summed E-state index contributed by atoms with van der Waals surface area (Å²) in [4.78, 5) is 25.0. The number of aryl methyl sites for hydroxylation is 1. The highest BCUT2D eigenvalue weighted by Gasteiger charge is 2.24. The predicted octanol–water partition coefficient (Wildman–Crippen LogP) is 3.61. The van der Waals surface area contributed by atoms with Crippen LogP contribution in [0.25, 0.3) is 0 Å². The summed E-state index contributed by atoms with van der Waals surface area (Å²) in [6.45, 7) is 2.09. The van der Waals surface area contributed by atoms with Gasteiger partial charge in [0.05, 0.1) is 19.4 Å². The topological polar surface area (TPSA) is 124 Å². The largest absolute Gasteiger partial charge is 0.497 e. The van der Waals surface area contributed by atoms with E-state index in [0.29, 0.717) is 27.4 Å². The Kier molecular flexibility index (Phi) is 8.12. The van der Waals surface area contributed by atoms with Crippen molar-refractivity contribution in [2.75, 3.05) is 18.2 Å². The average molecular weight is 502 g/mol. The van der Waals surface area contributed by atoms with Crippen molar-refractivity contribution >= 4 is 40.0 Å². The molecule has 2 heterocycles. The molecule has 34 heavy (non-hydrogen) atoms. The van der Waals surface area contributed by atoms with Crippen LogP contribution in [-0.4, -0.2) is 49.6 Å². The third-order valence-electron chi connectivity index (χ3n) is 5.54. The van der Waals surface area contributed by atoms with Gasteiger partial charge in [0.25, 0.3) is 5.91 Å². The van der Waals surface area contributed by atoms with E-state index in [9.17, 15) is 9.59 Å². The number of amides is 2. The normalized spacial score (nSPS) is 14.1. The van der Waals surface area contributed by atoms with E-state index in [-0.39, 0.29) is 30.2 Å². The fraction of sp³-hybridized carbons (Fsp3) is 0.455. The minimum absolute atomic E-state index is 0.172. The Balaban J connectivity index is 1.42. The third-order valence-corrected chi connectivity index (χ3v) is 7.24. The molecule has 2 amide bonds. The van der Waals surface area contributed by atoms with Crippen molar-refractivity contribution in [1.29, 1.82) is 0 Å². The summed E-state index contributed by atoms with van der Waals surface area (Å²) >= 11 is 2.67. The molecular weight excluding hydrogens is 474 g/mol. The molecule has 2 N–H and O–H groups in total. The zero-order valence-corrected chi connectivity index (χ0v) is 20.7. The van der Waals surface area contributed by atoms with Crippen LogP contribution < -0.4 is 15.4 Å². The summed E-state index contributed by atoms with van der Waals surface area (Å²) in [7, 11) is 1.59. The maximum absolute atomic E-state index is 12.6. The number of benzene rings is 1. The number of aromatic nitrogens is 5. The number of ether oxygens (including phenoxy) is 1. The second kappa shape index (κ2) is 11.4. The summed E-state index contributed by atoms with van der Waals surface area (Å²) in [5.41, 5.74) is 0.544. The molecule has 10 nitrogen and oxygen atoms in total. The van der Waals surface area contributed by atoms with Crippen LogP contribution in [-0.2, 0) is 11.3 Å². The van der Waals surface area contributed by atoms with Gasteiger partial charge in [-0.1, -0.05) is 42.4 Å². The second-order valence-electron chi connectivity index (χ2n) is 7.93. The number of carbonyl (C=O) groups is 2. The number of anilines is 1. The Morgan fingerprint density at radius 2 is 1.88 bits per heavy atom. The van der Waals surface area contributed by atoms with Crippen LogP contribution in [0, 0.1) is 6.92 Å². The second-order valence-corrected chi connectivity index (χ2v) is 10.1. The maximum Gasteiger partial charge on any atom is 0.251 e. The molecule has 0 radical (unpaired) electrons. The number of methoxy groups -OCH3 is 1. The van der Waals surface area contributed by atoms with Crippen LogP contribution in [0.2, 0.25) is 0 Å². The lowest BCUT2D eigenvalue weighted by Crippen LogP contribution is -2.26. The Bertz CT molecular complexity index is 1120. The van der Waals surface area contributed by atoms with Crippen molar-refractivity contribution in [3.63, 3.8) is 0 Å². The molecule has 0 aliphatic heterocycles. The summed E-state index contributed by atoms with van der Waals surface area (Å²) in [6.07, 6.45) is 5.56. The first kappa shape index (κ1) is 24.1. The monoisotopic (exact) mass is 501 g/mol. The smallest absolute Gasteiger partial charge is 0.251 e. The highest BCUT2D eigenvalue weighted by Crippen LogP contribution is 2.32. The van der Waals surface area contributed by atoms with Gasteiger partial charge in [0.15, 0.2) is 11.0 Å². The summed E-state index contributed by atoms with van der Waals surface area (Å²) in [5, 5.41) is 24.2. The fourth-order valence-electron chi connectivity index (χ4n) is 3.87. The third kappa shape index (κ3) is 6.11. The molecular formula is C22H27N7O3S2. The van der Waals surface area contributed by atoms with E-state index in [4.69, 9.17) is 4.74 Å². The molecule has 3 aromatic rings. The van der Waals surface area contributed by atoms with E-state index < -0.39 is 0 Å². The molecule has 1 aromatic carbocycles. The van der Waals surface area contributed by atoms with Crippen molar-refractivity contribution in [3.8, 4) is 5.75 Å². The Labute approximate surface area is 205 Å². The number of hydrogen-bond donors (Lipinski definition) is 2. The fourth-order valence-corrected chi connectivity index (χ4v) is 5.30. The van der Waals surface area contributed by atoms with Crippen LogP contribution >= 0.6 is 23.1 Å². The van der Waals surface area contributed by atoms with Crippen molar-refractivity contribution in [2.45, 2.75) is 56.8 Å². The van der Waals surface area contributed by atoms with E-state index in [1.165, 1.54) is 29.5 Å². The Morgan fingerprint density at radius 1 is 1.12 bits per heavy atom. The maximum atomic E-state index is 12.6. The minimum atomic E-state index is -0.193. The van der Waals surface area contributed by atoms with Crippen LogP contribution in [0.5, 0.6) is 5.75 Å². The van der Waals surface area contributed by atoms with Gasteiger partial charge in [0.1, 0.15) is 10.8 Å². The molecule has 0 saturated heterocycles. The number of nitrogens with one attached hydrogen (secondary N) is 2. The van der Waals surface area contributed by atoms with Crippen LogP contribution in [0.15, 0.2) is 29.4 Å². The van der Waals surface area contributed by atoms with Crippen LogP contribution in [0.3, 0.4) is 0 Å². The van der Waals surface area contributed by atoms with Crippen molar-refractivity contribution in [1.82, 2.24) is 30.3 Å². The highest BCUT2D eigenvalue weighted by atomic mass is 32.2. The van der Waals surface area contributed by atoms with Crippen LogP contribution in [0.4, 0.5) is 5.13 Å². The SMILES string of the molecule is COc1ccc(C(=O)NCc2nnc(SCC(=O)Nc3nnc(C)s3)n2C2CCCCC2)cc1. The summed E-state index contributed by atoms with van der Waals surface area (Å²) in [5.74, 6) is 1.20.